The van der Waals surface area contributed by atoms with E-state index in [2.05, 4.69) is 26.0 Å². The maximum absolute atomic E-state index is 12.7. The Labute approximate surface area is 206 Å². The van der Waals surface area contributed by atoms with Crippen molar-refractivity contribution in [2.24, 2.45) is 0 Å². The summed E-state index contributed by atoms with van der Waals surface area (Å²) in [6.07, 6.45) is -1.20. The van der Waals surface area contributed by atoms with Gasteiger partial charge in [-0.3, -0.25) is 9.52 Å². The third-order valence-electron chi connectivity index (χ3n) is 4.07. The number of benzene rings is 2. The van der Waals surface area contributed by atoms with Gasteiger partial charge < -0.3 is 10.1 Å². The molecule has 0 unspecified atom stereocenters. The van der Waals surface area contributed by atoms with Crippen molar-refractivity contribution in [2.45, 2.75) is 17.2 Å². The number of esters is 1. The number of thiophene rings is 1. The third-order valence-corrected chi connectivity index (χ3v) is 8.37. The summed E-state index contributed by atoms with van der Waals surface area (Å²) in [7, 11) is -3.92. The molecule has 0 fully saturated rings. The Kier molecular flexibility index (Phi) is 7.84. The maximum atomic E-state index is 12.7. The van der Waals surface area contributed by atoms with Gasteiger partial charge in [0.15, 0.2) is 6.10 Å². The monoisotopic (exact) mass is 576 g/mol. The number of carbonyl (C=O) groups excluding carboxylic acids is 2. The van der Waals surface area contributed by atoms with Crippen molar-refractivity contribution >= 4 is 83.7 Å². The molecule has 32 heavy (non-hydrogen) atoms. The number of ether oxygens (including phenoxy) is 1. The zero-order chi connectivity index (χ0) is 23.5. The molecule has 0 bridgehead atoms. The molecule has 0 aliphatic rings. The van der Waals surface area contributed by atoms with Crippen molar-refractivity contribution in [3.05, 3.63) is 74.0 Å². The Balaban J connectivity index is 1.74. The molecule has 0 saturated carbocycles. The van der Waals surface area contributed by atoms with Crippen molar-refractivity contribution in [1.29, 1.82) is 0 Å². The molecule has 0 aliphatic carbocycles. The van der Waals surface area contributed by atoms with Crippen LogP contribution >= 0.6 is 50.5 Å². The zero-order valence-electron chi connectivity index (χ0n) is 16.3. The van der Waals surface area contributed by atoms with E-state index in [1.54, 1.807) is 36.4 Å². The third kappa shape index (κ3) is 5.81. The molecule has 7 nitrogen and oxygen atoms in total. The van der Waals surface area contributed by atoms with Crippen LogP contribution in [-0.2, 0) is 19.6 Å². The van der Waals surface area contributed by atoms with E-state index in [9.17, 15) is 18.0 Å². The van der Waals surface area contributed by atoms with Crippen LogP contribution in [0.1, 0.15) is 17.3 Å². The number of hydrogen-bond acceptors (Lipinski definition) is 6. The minimum absolute atomic E-state index is 0.0208. The van der Waals surface area contributed by atoms with Crippen LogP contribution < -0.4 is 10.0 Å². The lowest BCUT2D eigenvalue weighted by molar-refractivity contribution is -0.123. The van der Waals surface area contributed by atoms with Gasteiger partial charge in [0.05, 0.1) is 30.8 Å². The molecule has 3 rings (SSSR count). The van der Waals surface area contributed by atoms with E-state index in [0.29, 0.717) is 3.79 Å². The first-order chi connectivity index (χ1) is 15.1. The fourth-order valence-corrected chi connectivity index (χ4v) is 5.94. The highest BCUT2D eigenvalue weighted by Crippen LogP contribution is 2.30. The second-order valence-corrected chi connectivity index (χ2v) is 11.5. The standard InChI is InChI=1S/C20H15BrCl2N2O5S2/c1-11(19(26)24-15-8-4-6-13(22)18(15)23)30-20(27)12-5-2-3-7-14(12)25-32(28,29)17-10-9-16(21)31-17/h2-11,25H,1H3,(H,24,26)/t11-/m1/s1. The summed E-state index contributed by atoms with van der Waals surface area (Å²) in [4.78, 5) is 25.1. The number of nitrogens with one attached hydrogen (secondary N) is 2. The van der Waals surface area contributed by atoms with Gasteiger partial charge in [-0.15, -0.1) is 11.3 Å². The zero-order valence-corrected chi connectivity index (χ0v) is 21.0. The van der Waals surface area contributed by atoms with Gasteiger partial charge in [0.25, 0.3) is 15.9 Å². The predicted molar refractivity (Wildman–Crippen MR) is 129 cm³/mol. The molecular formula is C20H15BrCl2N2O5S2. The molecule has 1 amide bonds. The Morgan fingerprint density at radius 3 is 2.41 bits per heavy atom. The first-order valence-corrected chi connectivity index (χ1v) is 12.8. The summed E-state index contributed by atoms with van der Waals surface area (Å²) in [5.74, 6) is -1.51. The Hall–Kier alpha value is -2.11. The van der Waals surface area contributed by atoms with Crippen LogP contribution in [0.15, 0.2) is 62.6 Å². The molecule has 0 radical (unpaired) electrons. The van der Waals surface area contributed by atoms with Crippen LogP contribution in [0.4, 0.5) is 11.4 Å². The molecule has 3 aromatic rings. The number of para-hydroxylation sites is 1. The molecule has 1 atom stereocenters. The summed E-state index contributed by atoms with van der Waals surface area (Å²) in [6, 6.07) is 13.7. The number of sulfonamides is 1. The minimum atomic E-state index is -3.92. The number of carbonyl (C=O) groups is 2. The fraction of sp³-hybridized carbons (Fsp3) is 0.100. The van der Waals surface area contributed by atoms with Crippen molar-refractivity contribution in [3.8, 4) is 0 Å². The summed E-state index contributed by atoms with van der Waals surface area (Å²) in [5.41, 5.74) is 0.238. The molecule has 0 saturated heterocycles. The fourth-order valence-electron chi connectivity index (χ4n) is 2.50. The van der Waals surface area contributed by atoms with Crippen LogP contribution in [-0.4, -0.2) is 26.4 Å². The van der Waals surface area contributed by atoms with E-state index in [1.165, 1.54) is 25.1 Å². The second-order valence-electron chi connectivity index (χ2n) is 6.35. The molecular weight excluding hydrogens is 563 g/mol. The summed E-state index contributed by atoms with van der Waals surface area (Å²) in [6.45, 7) is 1.38. The lowest BCUT2D eigenvalue weighted by Crippen LogP contribution is -2.30. The van der Waals surface area contributed by atoms with Gasteiger partial charge in [-0.2, -0.15) is 0 Å². The molecule has 168 valence electrons. The Morgan fingerprint density at radius 2 is 1.72 bits per heavy atom. The molecule has 0 spiro atoms. The summed E-state index contributed by atoms with van der Waals surface area (Å²) in [5, 5.41) is 2.95. The van der Waals surface area contributed by atoms with Crippen LogP contribution in [0.2, 0.25) is 10.0 Å². The number of amides is 1. The Bertz CT molecular complexity index is 1280. The van der Waals surface area contributed by atoms with Crippen LogP contribution in [0.5, 0.6) is 0 Å². The lowest BCUT2D eigenvalue weighted by atomic mass is 10.2. The van der Waals surface area contributed by atoms with Gasteiger partial charge in [0.2, 0.25) is 0 Å². The van der Waals surface area contributed by atoms with Crippen LogP contribution in [0.3, 0.4) is 0 Å². The molecule has 2 N–H and O–H groups in total. The lowest BCUT2D eigenvalue weighted by Gasteiger charge is -2.16. The first-order valence-electron chi connectivity index (χ1n) is 8.91. The Morgan fingerprint density at radius 1 is 1.03 bits per heavy atom. The van der Waals surface area contributed by atoms with E-state index in [-0.39, 0.29) is 31.2 Å². The van der Waals surface area contributed by atoms with E-state index < -0.39 is 28.0 Å². The van der Waals surface area contributed by atoms with Gasteiger partial charge in [-0.25, -0.2) is 13.2 Å². The second kappa shape index (κ2) is 10.2. The number of hydrogen-bond donors (Lipinski definition) is 2. The normalized spacial score (nSPS) is 12.1. The van der Waals surface area contributed by atoms with E-state index in [4.69, 9.17) is 27.9 Å². The minimum Gasteiger partial charge on any atom is -0.449 e. The van der Waals surface area contributed by atoms with Gasteiger partial charge in [0.1, 0.15) is 4.21 Å². The van der Waals surface area contributed by atoms with E-state index >= 15 is 0 Å². The van der Waals surface area contributed by atoms with Gasteiger partial charge in [-0.1, -0.05) is 41.4 Å². The number of halogens is 3. The highest BCUT2D eigenvalue weighted by molar-refractivity contribution is 9.11. The molecule has 12 heteroatoms. The summed E-state index contributed by atoms with van der Waals surface area (Å²) >= 11 is 16.2. The molecule has 0 aliphatic heterocycles. The van der Waals surface area contributed by atoms with Gasteiger partial charge in [-0.05, 0) is 59.3 Å². The molecule has 2 aromatic carbocycles. The van der Waals surface area contributed by atoms with E-state index in [1.807, 2.05) is 0 Å². The SMILES string of the molecule is C[C@@H](OC(=O)c1ccccc1NS(=O)(=O)c1ccc(Br)s1)C(=O)Nc1cccc(Cl)c1Cl. The quantitative estimate of drug-likeness (QED) is 0.345. The number of rotatable bonds is 7. The van der Waals surface area contributed by atoms with E-state index in [0.717, 1.165) is 11.3 Å². The average Bonchev–Trinajstić information content (AvgIpc) is 3.18. The van der Waals surface area contributed by atoms with Gasteiger partial charge >= 0.3 is 5.97 Å². The largest absolute Gasteiger partial charge is 0.449 e. The highest BCUT2D eigenvalue weighted by Gasteiger charge is 2.24. The molecule has 1 heterocycles. The maximum Gasteiger partial charge on any atom is 0.341 e. The number of anilines is 2. The first kappa shape index (κ1) is 24.5. The highest BCUT2D eigenvalue weighted by atomic mass is 79.9. The average molecular weight is 578 g/mol. The molecule has 1 aromatic heterocycles. The predicted octanol–water partition coefficient (Wildman–Crippen LogP) is 5.80. The topological polar surface area (TPSA) is 102 Å². The van der Waals surface area contributed by atoms with Crippen molar-refractivity contribution in [1.82, 2.24) is 0 Å². The van der Waals surface area contributed by atoms with Crippen molar-refractivity contribution in [3.63, 3.8) is 0 Å². The summed E-state index contributed by atoms with van der Waals surface area (Å²) < 4.78 is 33.6. The smallest absolute Gasteiger partial charge is 0.341 e. The van der Waals surface area contributed by atoms with Crippen molar-refractivity contribution in [2.75, 3.05) is 10.0 Å². The van der Waals surface area contributed by atoms with Crippen LogP contribution in [0.25, 0.3) is 0 Å². The van der Waals surface area contributed by atoms with Crippen LogP contribution in [0, 0.1) is 0 Å². The van der Waals surface area contributed by atoms with Gasteiger partial charge in [0, 0.05) is 0 Å². The van der Waals surface area contributed by atoms with Crippen molar-refractivity contribution < 1.29 is 22.7 Å².